The third-order valence-electron chi connectivity index (χ3n) is 0. The van der Waals surface area contributed by atoms with E-state index in [9.17, 15) is 0 Å². The molecule has 0 bridgehead atoms. The van der Waals surface area contributed by atoms with Gasteiger partial charge in [0.2, 0.25) is 0 Å². The minimum atomic E-state index is 0. The maximum Gasteiger partial charge on any atom is 1.00 e. The van der Waals surface area contributed by atoms with Gasteiger partial charge < -0.3 is 2.85 Å². The average molecular weight is 312 g/mol. The third kappa shape index (κ3) is 9.54. The Kier molecular flexibility index (Phi) is 94.1. The Hall–Kier alpha value is 4.25. The van der Waals surface area contributed by atoms with Crippen molar-refractivity contribution in [3.8, 4) is 0 Å². The van der Waals surface area contributed by atoms with Crippen molar-refractivity contribution < 1.29 is 127 Å². The van der Waals surface area contributed by atoms with Crippen molar-refractivity contribution in [2.45, 2.75) is 0 Å². The zero-order valence-electron chi connectivity index (χ0n) is 4.72. The van der Waals surface area contributed by atoms with Crippen LogP contribution in [-0.2, 0) is 21.1 Å². The van der Waals surface area contributed by atoms with Crippen LogP contribution in [0.1, 0.15) is 2.85 Å². The summed E-state index contributed by atoms with van der Waals surface area (Å²) < 4.78 is 0. The molecule has 22 valence electrons. The van der Waals surface area contributed by atoms with Crippen LogP contribution in [0, 0.1) is 0 Å². The van der Waals surface area contributed by atoms with E-state index in [1.54, 1.807) is 0 Å². The zero-order chi connectivity index (χ0) is 0. The van der Waals surface area contributed by atoms with Gasteiger partial charge >= 0.3 is 103 Å². The fourth-order valence-corrected chi connectivity index (χ4v) is 0. The second kappa shape index (κ2) is 15.7. The molecule has 0 saturated heterocycles. The Balaban J connectivity index is 0. The molecular formula is H3ClK2Pt. The van der Waals surface area contributed by atoms with Gasteiger partial charge in [0.05, 0.1) is 0 Å². The second-order valence-corrected chi connectivity index (χ2v) is 0. The van der Waals surface area contributed by atoms with Crippen molar-refractivity contribution in [1.82, 2.24) is 0 Å². The number of hydrogen-bond acceptors (Lipinski definition) is 0. The normalized spacial score (nSPS) is 0. The van der Waals surface area contributed by atoms with Crippen LogP contribution in [0.5, 0.6) is 0 Å². The van der Waals surface area contributed by atoms with Gasteiger partial charge in [0, 0.05) is 21.1 Å². The Morgan fingerprint density at radius 3 is 1.00 bits per heavy atom. The van der Waals surface area contributed by atoms with Crippen LogP contribution in [0.15, 0.2) is 0 Å². The van der Waals surface area contributed by atoms with Crippen LogP contribution < -0.4 is 103 Å². The summed E-state index contributed by atoms with van der Waals surface area (Å²) in [5.74, 6) is 0. The molecule has 0 aliphatic carbocycles. The van der Waals surface area contributed by atoms with Gasteiger partial charge in [-0.15, -0.1) is 12.4 Å². The predicted molar refractivity (Wildman–Crippen MR) is 9.47 cm³/mol. The van der Waals surface area contributed by atoms with Gasteiger partial charge in [-0.1, -0.05) is 0 Å². The molecule has 0 heterocycles. The van der Waals surface area contributed by atoms with Crippen LogP contribution in [0.4, 0.5) is 0 Å². The van der Waals surface area contributed by atoms with Crippen LogP contribution >= 0.6 is 12.4 Å². The average Bonchev–Trinajstić information content (AvgIpc) is 0. The molecule has 0 saturated carbocycles. The van der Waals surface area contributed by atoms with Crippen molar-refractivity contribution in [2.24, 2.45) is 0 Å². The Labute approximate surface area is 135 Å². The van der Waals surface area contributed by atoms with Gasteiger partial charge in [0.25, 0.3) is 0 Å². The first-order chi connectivity index (χ1) is 0. The molecule has 0 aromatic heterocycles. The van der Waals surface area contributed by atoms with Crippen molar-refractivity contribution in [1.29, 1.82) is 0 Å². The van der Waals surface area contributed by atoms with Crippen LogP contribution in [0.25, 0.3) is 0 Å². The van der Waals surface area contributed by atoms with Crippen LogP contribution in [0.2, 0.25) is 0 Å². The minimum Gasteiger partial charge on any atom is -1.00 e. The Morgan fingerprint density at radius 1 is 1.00 bits per heavy atom. The summed E-state index contributed by atoms with van der Waals surface area (Å²) >= 11 is 0. The minimum absolute atomic E-state index is 0. The van der Waals surface area contributed by atoms with E-state index < -0.39 is 0 Å². The molecule has 0 atom stereocenters. The summed E-state index contributed by atoms with van der Waals surface area (Å²) in [6.45, 7) is 0. The molecule has 0 amide bonds. The Morgan fingerprint density at radius 2 is 1.00 bits per heavy atom. The maximum absolute atomic E-state index is 0. The predicted octanol–water partition coefficient (Wildman–Crippen LogP) is -5.35. The molecule has 0 aromatic carbocycles. The number of halogens is 1. The quantitative estimate of drug-likeness (QED) is 0.392. The molecule has 0 nitrogen and oxygen atoms in total. The van der Waals surface area contributed by atoms with E-state index in [0.29, 0.717) is 0 Å². The van der Waals surface area contributed by atoms with E-state index in [0.717, 1.165) is 0 Å². The smallest absolute Gasteiger partial charge is 1.00 e. The molecular weight excluding hydrogens is 309 g/mol. The molecule has 0 fully saturated rings. The fraction of sp³-hybridized carbons (Fsp3) is 0. The third-order valence-corrected chi connectivity index (χ3v) is 0. The maximum atomic E-state index is 0. The fourth-order valence-electron chi connectivity index (χ4n) is 0. The largest absolute Gasteiger partial charge is 1.00 e. The van der Waals surface area contributed by atoms with Crippen LogP contribution in [0.3, 0.4) is 0 Å². The summed E-state index contributed by atoms with van der Waals surface area (Å²) in [5.41, 5.74) is 0. The van der Waals surface area contributed by atoms with E-state index in [2.05, 4.69) is 0 Å². The monoisotopic (exact) mass is 311 g/mol. The molecule has 0 unspecified atom stereocenters. The van der Waals surface area contributed by atoms with Gasteiger partial charge in [-0.2, -0.15) is 0 Å². The van der Waals surface area contributed by atoms with Crippen molar-refractivity contribution in [2.75, 3.05) is 0 Å². The Bertz CT molecular complexity index is 11.5. The molecule has 4 heavy (non-hydrogen) atoms. The summed E-state index contributed by atoms with van der Waals surface area (Å²) in [4.78, 5) is 0. The molecule has 0 aromatic rings. The topological polar surface area (TPSA) is 0 Å². The SMILES string of the molecule is Cl.[H-].[H-].[K+].[K+].[Pt]. The molecule has 0 spiro atoms. The van der Waals surface area contributed by atoms with E-state index in [1.165, 1.54) is 0 Å². The molecule has 0 radical (unpaired) electrons. The summed E-state index contributed by atoms with van der Waals surface area (Å²) in [6, 6.07) is 0. The standard InChI is InChI=1S/ClH.2K.Pt.2H/h1H;;;;;/q;2*+1;;2*-1. The first-order valence-corrected chi connectivity index (χ1v) is 0. The van der Waals surface area contributed by atoms with E-state index in [4.69, 9.17) is 0 Å². The second-order valence-electron chi connectivity index (χ2n) is 0. The van der Waals surface area contributed by atoms with Gasteiger partial charge in [-0.05, 0) is 0 Å². The molecule has 0 aliphatic heterocycles. The van der Waals surface area contributed by atoms with E-state index in [1.807, 2.05) is 0 Å². The van der Waals surface area contributed by atoms with Gasteiger partial charge in [0.15, 0.2) is 0 Å². The first kappa shape index (κ1) is 24.0. The molecule has 4 heteroatoms. The van der Waals surface area contributed by atoms with Gasteiger partial charge in [0.1, 0.15) is 0 Å². The summed E-state index contributed by atoms with van der Waals surface area (Å²) in [6.07, 6.45) is 0. The zero-order valence-corrected chi connectivity index (χ0v) is 12.1. The van der Waals surface area contributed by atoms with E-state index in [-0.39, 0.29) is 139 Å². The van der Waals surface area contributed by atoms with Crippen molar-refractivity contribution in [3.63, 3.8) is 0 Å². The van der Waals surface area contributed by atoms with Crippen molar-refractivity contribution in [3.05, 3.63) is 0 Å². The number of hydrogen-bond donors (Lipinski definition) is 0. The molecule has 0 rings (SSSR count). The number of rotatable bonds is 0. The van der Waals surface area contributed by atoms with Crippen molar-refractivity contribution >= 4 is 12.4 Å². The molecule has 0 aliphatic rings. The first-order valence-electron chi connectivity index (χ1n) is 0. The van der Waals surface area contributed by atoms with Crippen LogP contribution in [-0.4, -0.2) is 0 Å². The van der Waals surface area contributed by atoms with Gasteiger partial charge in [-0.3, -0.25) is 0 Å². The molecule has 0 N–H and O–H groups in total. The summed E-state index contributed by atoms with van der Waals surface area (Å²) in [5, 5.41) is 0. The van der Waals surface area contributed by atoms with E-state index >= 15 is 0 Å². The summed E-state index contributed by atoms with van der Waals surface area (Å²) in [7, 11) is 0. The van der Waals surface area contributed by atoms with Gasteiger partial charge in [-0.25, -0.2) is 0 Å².